The zero-order valence-corrected chi connectivity index (χ0v) is 25.8. The van der Waals surface area contributed by atoms with Gasteiger partial charge >= 0.3 is 0 Å². The minimum absolute atomic E-state index is 0.122. The molecule has 0 aliphatic heterocycles. The molecule has 4 nitrogen and oxygen atoms in total. The lowest BCUT2D eigenvalue weighted by Gasteiger charge is -2.16. The van der Waals surface area contributed by atoms with Crippen LogP contribution in [0.5, 0.6) is 0 Å². The van der Waals surface area contributed by atoms with Gasteiger partial charge in [0.05, 0.1) is 0 Å². The Kier molecular flexibility index (Phi) is 12.1. The van der Waals surface area contributed by atoms with E-state index in [2.05, 4.69) is 76.2 Å². The minimum atomic E-state index is -0.267. The lowest BCUT2D eigenvalue weighted by atomic mass is 9.85. The first-order valence-corrected chi connectivity index (χ1v) is 14.0. The van der Waals surface area contributed by atoms with Crippen LogP contribution in [0.25, 0.3) is 10.8 Å². The summed E-state index contributed by atoms with van der Waals surface area (Å²) in [5.41, 5.74) is 6.95. The van der Waals surface area contributed by atoms with Crippen LogP contribution in [0.1, 0.15) is 105 Å². The Balaban J connectivity index is 0.000000295. The molecule has 0 radical (unpaired) electrons. The summed E-state index contributed by atoms with van der Waals surface area (Å²) in [4.78, 5) is 49.4. The van der Waals surface area contributed by atoms with Gasteiger partial charge in [-0.3, -0.25) is 19.2 Å². The zero-order valence-electron chi connectivity index (χ0n) is 25.8. The molecule has 0 saturated heterocycles. The first-order chi connectivity index (χ1) is 19.3. The Labute approximate surface area is 244 Å². The van der Waals surface area contributed by atoms with E-state index in [4.69, 9.17) is 0 Å². The molecule has 0 N–H and O–H groups in total. The van der Waals surface area contributed by atoms with Crippen molar-refractivity contribution < 1.29 is 19.2 Å². The molecule has 4 aromatic carbocycles. The summed E-state index contributed by atoms with van der Waals surface area (Å²) in [6.45, 7) is 16.6. The summed E-state index contributed by atoms with van der Waals surface area (Å²) in [5, 5.41) is 0.830. The van der Waals surface area contributed by atoms with Gasteiger partial charge in [0.2, 0.25) is 0 Å². The van der Waals surface area contributed by atoms with Crippen molar-refractivity contribution in [3.05, 3.63) is 117 Å². The molecule has 4 heteroatoms. The van der Waals surface area contributed by atoms with Gasteiger partial charge in [-0.2, -0.15) is 0 Å². The SMILES string of the molecule is CCC(=O)c1ccc(C(=O)C(C)C)c2c(C(C)=O)ccc(C(C)=O)c12.Cc1ccccc1C.Cc1ccccc1C. The van der Waals surface area contributed by atoms with Crippen LogP contribution in [0.15, 0.2) is 72.8 Å². The molecule has 0 atom stereocenters. The third-order valence-electron chi connectivity index (χ3n) is 7.18. The number of Topliss-reactive ketones (excluding diaryl/α,β-unsaturated/α-hetero) is 4. The van der Waals surface area contributed by atoms with E-state index in [0.29, 0.717) is 33.0 Å². The highest BCUT2D eigenvalue weighted by Crippen LogP contribution is 2.32. The topological polar surface area (TPSA) is 68.3 Å². The maximum Gasteiger partial charge on any atom is 0.166 e. The van der Waals surface area contributed by atoms with Crippen molar-refractivity contribution in [1.82, 2.24) is 0 Å². The number of carbonyl (C=O) groups is 4. The average molecular weight is 551 g/mol. The molecular formula is C37H42O4. The summed E-state index contributed by atoms with van der Waals surface area (Å²) < 4.78 is 0. The van der Waals surface area contributed by atoms with Gasteiger partial charge in [-0.25, -0.2) is 0 Å². The Morgan fingerprint density at radius 2 is 0.854 bits per heavy atom. The quantitative estimate of drug-likeness (QED) is 0.224. The van der Waals surface area contributed by atoms with E-state index in [1.165, 1.54) is 36.1 Å². The van der Waals surface area contributed by atoms with Crippen LogP contribution in [0, 0.1) is 33.6 Å². The maximum atomic E-state index is 12.7. The molecule has 0 aromatic heterocycles. The fourth-order valence-electron chi connectivity index (χ4n) is 4.35. The number of fused-ring (bicyclic) bond motifs is 1. The van der Waals surface area contributed by atoms with E-state index >= 15 is 0 Å². The molecule has 0 heterocycles. The minimum Gasteiger partial charge on any atom is -0.294 e. The molecule has 0 spiro atoms. The van der Waals surface area contributed by atoms with Gasteiger partial charge in [0.25, 0.3) is 0 Å². The van der Waals surface area contributed by atoms with Crippen LogP contribution >= 0.6 is 0 Å². The second-order valence-electron chi connectivity index (χ2n) is 10.6. The van der Waals surface area contributed by atoms with Crippen molar-refractivity contribution in [2.24, 2.45) is 5.92 Å². The number of hydrogen-bond donors (Lipinski definition) is 0. The number of carbonyl (C=O) groups excluding carboxylic acids is 4. The Hall–Kier alpha value is -4.18. The van der Waals surface area contributed by atoms with Crippen molar-refractivity contribution in [3.63, 3.8) is 0 Å². The number of benzene rings is 4. The third kappa shape index (κ3) is 8.40. The van der Waals surface area contributed by atoms with Gasteiger partial charge in [0.15, 0.2) is 23.1 Å². The van der Waals surface area contributed by atoms with Crippen molar-refractivity contribution >= 4 is 33.9 Å². The monoisotopic (exact) mass is 550 g/mol. The third-order valence-corrected chi connectivity index (χ3v) is 7.18. The lowest BCUT2D eigenvalue weighted by Crippen LogP contribution is -2.13. The summed E-state index contributed by atoms with van der Waals surface area (Å²) in [6.07, 6.45) is 0.272. The molecule has 0 aliphatic carbocycles. The van der Waals surface area contributed by atoms with Crippen molar-refractivity contribution in [1.29, 1.82) is 0 Å². The summed E-state index contributed by atoms with van der Waals surface area (Å²) >= 11 is 0. The van der Waals surface area contributed by atoms with E-state index in [1.54, 1.807) is 45.0 Å². The highest BCUT2D eigenvalue weighted by molar-refractivity contribution is 6.25. The summed E-state index contributed by atoms with van der Waals surface area (Å²) in [7, 11) is 0. The van der Waals surface area contributed by atoms with Gasteiger partial charge in [0.1, 0.15) is 0 Å². The predicted molar refractivity (Wildman–Crippen MR) is 170 cm³/mol. The molecule has 0 unspecified atom stereocenters. The first-order valence-electron chi connectivity index (χ1n) is 14.0. The average Bonchev–Trinajstić information content (AvgIpc) is 2.94. The fraction of sp³-hybridized carbons (Fsp3) is 0.297. The molecule has 0 bridgehead atoms. The van der Waals surface area contributed by atoms with Crippen molar-refractivity contribution in [2.45, 2.75) is 68.7 Å². The largest absolute Gasteiger partial charge is 0.294 e. The van der Waals surface area contributed by atoms with E-state index in [-0.39, 0.29) is 35.5 Å². The number of aryl methyl sites for hydroxylation is 4. The first kappa shape index (κ1) is 33.0. The molecule has 214 valence electrons. The van der Waals surface area contributed by atoms with E-state index in [0.717, 1.165) is 0 Å². The Morgan fingerprint density at radius 1 is 0.537 bits per heavy atom. The predicted octanol–water partition coefficient (Wildman–Crippen LogP) is 9.28. The molecule has 4 rings (SSSR count). The smallest absolute Gasteiger partial charge is 0.166 e. The van der Waals surface area contributed by atoms with Gasteiger partial charge in [-0.15, -0.1) is 0 Å². The van der Waals surface area contributed by atoms with Crippen LogP contribution in [0.2, 0.25) is 0 Å². The Morgan fingerprint density at radius 3 is 1.15 bits per heavy atom. The van der Waals surface area contributed by atoms with Crippen molar-refractivity contribution in [3.8, 4) is 0 Å². The van der Waals surface area contributed by atoms with E-state index < -0.39 is 0 Å². The molecule has 41 heavy (non-hydrogen) atoms. The second-order valence-corrected chi connectivity index (χ2v) is 10.6. The normalized spacial score (nSPS) is 10.3. The van der Waals surface area contributed by atoms with Crippen molar-refractivity contribution in [2.75, 3.05) is 0 Å². The maximum absolute atomic E-state index is 12.7. The molecule has 0 aliphatic rings. The highest BCUT2D eigenvalue weighted by atomic mass is 16.1. The van der Waals surface area contributed by atoms with E-state index in [1.807, 2.05) is 0 Å². The van der Waals surface area contributed by atoms with Gasteiger partial charge < -0.3 is 0 Å². The van der Waals surface area contributed by atoms with Gasteiger partial charge in [0, 0.05) is 45.4 Å². The summed E-state index contributed by atoms with van der Waals surface area (Å²) in [5.74, 6) is -0.935. The molecule has 0 amide bonds. The van der Waals surface area contributed by atoms with E-state index in [9.17, 15) is 19.2 Å². The van der Waals surface area contributed by atoms with Crippen LogP contribution in [0.4, 0.5) is 0 Å². The fourth-order valence-corrected chi connectivity index (χ4v) is 4.35. The van der Waals surface area contributed by atoms with Crippen LogP contribution < -0.4 is 0 Å². The van der Waals surface area contributed by atoms with Crippen LogP contribution in [-0.2, 0) is 0 Å². The lowest BCUT2D eigenvalue weighted by molar-refractivity contribution is 0.0938. The van der Waals surface area contributed by atoms with Gasteiger partial charge in [-0.05, 0) is 63.8 Å². The number of rotatable bonds is 6. The Bertz CT molecular complexity index is 1490. The summed E-state index contributed by atoms with van der Waals surface area (Å²) in [6, 6.07) is 23.0. The molecular weight excluding hydrogens is 508 g/mol. The number of ketones is 4. The second kappa shape index (κ2) is 15.0. The van der Waals surface area contributed by atoms with Gasteiger partial charge in [-0.1, -0.05) is 93.6 Å². The van der Waals surface area contributed by atoms with Crippen LogP contribution in [-0.4, -0.2) is 23.1 Å². The van der Waals surface area contributed by atoms with Crippen LogP contribution in [0.3, 0.4) is 0 Å². The zero-order chi connectivity index (χ0) is 30.9. The molecule has 0 saturated carbocycles. The highest BCUT2D eigenvalue weighted by Gasteiger charge is 2.24. The molecule has 0 fully saturated rings. The number of hydrogen-bond acceptors (Lipinski definition) is 4. The molecule has 4 aromatic rings. The standard InChI is InChI=1S/C21H22O4.2C8H10/c1-6-18(24)16-9-10-17(21(25)11(2)3)20-15(13(5)23)8-7-14(12(4)22)19(16)20;2*1-7-5-3-4-6-8(7)2/h7-11H,6H2,1-5H3;2*3-6H,1-2H3.